The lowest BCUT2D eigenvalue weighted by atomic mass is 9.66. The van der Waals surface area contributed by atoms with Crippen molar-refractivity contribution in [1.82, 2.24) is 9.38 Å². The molecule has 2 aromatic heterocycles. The number of rotatable bonds is 0. The molecule has 0 N–H and O–H groups in total. The smallest absolute Gasteiger partial charge is 0.194 e. The van der Waals surface area contributed by atoms with Crippen LogP contribution in [0.5, 0.6) is 0 Å². The van der Waals surface area contributed by atoms with Crippen LogP contribution in [0.1, 0.15) is 45.5 Å². The van der Waals surface area contributed by atoms with E-state index in [9.17, 15) is 0 Å². The van der Waals surface area contributed by atoms with Crippen molar-refractivity contribution in [2.45, 2.75) is 46.0 Å². The third-order valence-electron chi connectivity index (χ3n) is 3.54. The molecule has 0 bridgehead atoms. The van der Waals surface area contributed by atoms with Crippen LogP contribution in [0.15, 0.2) is 11.6 Å². The fourth-order valence-corrected chi connectivity index (χ4v) is 4.20. The van der Waals surface area contributed by atoms with E-state index in [1.54, 1.807) is 11.3 Å². The van der Waals surface area contributed by atoms with Crippen LogP contribution in [-0.4, -0.2) is 9.38 Å². The monoisotopic (exact) mass is 234 g/mol. The number of thiazole rings is 1. The molecule has 0 fully saturated rings. The van der Waals surface area contributed by atoms with E-state index >= 15 is 0 Å². The predicted molar refractivity (Wildman–Crippen MR) is 68.2 cm³/mol. The Morgan fingerprint density at radius 2 is 2.06 bits per heavy atom. The Bertz CT molecular complexity index is 545. The zero-order valence-electron chi connectivity index (χ0n) is 10.4. The highest BCUT2D eigenvalue weighted by molar-refractivity contribution is 7.15. The molecule has 86 valence electrons. The van der Waals surface area contributed by atoms with E-state index in [0.717, 1.165) is 11.4 Å². The standard InChI is InChI=1S/C13H18N2S/c1-12(2)7-9-10(13(3,4)8-12)15-5-6-16-11(15)14-9/h5-6H,7-8H2,1-4H3. The van der Waals surface area contributed by atoms with Gasteiger partial charge in [0.1, 0.15) is 0 Å². The van der Waals surface area contributed by atoms with Crippen molar-refractivity contribution in [2.24, 2.45) is 5.41 Å². The number of fused-ring (bicyclic) bond motifs is 3. The van der Waals surface area contributed by atoms with Crippen molar-refractivity contribution < 1.29 is 0 Å². The maximum atomic E-state index is 4.79. The average Bonchev–Trinajstić information content (AvgIpc) is 2.56. The predicted octanol–water partition coefficient (Wildman–Crippen LogP) is 3.65. The van der Waals surface area contributed by atoms with Crippen LogP contribution < -0.4 is 0 Å². The van der Waals surface area contributed by atoms with E-state index in [4.69, 9.17) is 4.98 Å². The third-order valence-corrected chi connectivity index (χ3v) is 4.30. The van der Waals surface area contributed by atoms with E-state index < -0.39 is 0 Å². The Balaban J connectivity index is 2.29. The summed E-state index contributed by atoms with van der Waals surface area (Å²) in [6, 6.07) is 0. The first-order valence-corrected chi connectivity index (χ1v) is 6.72. The first-order valence-electron chi connectivity index (χ1n) is 5.84. The SMILES string of the molecule is CC1(C)Cc2nc3sccn3c2C(C)(C)C1. The molecular weight excluding hydrogens is 216 g/mol. The minimum absolute atomic E-state index is 0.234. The second-order valence-electron chi connectivity index (χ2n) is 6.36. The molecule has 2 heterocycles. The second-order valence-corrected chi connectivity index (χ2v) is 7.24. The number of hydrogen-bond acceptors (Lipinski definition) is 2. The van der Waals surface area contributed by atoms with Gasteiger partial charge in [-0.15, -0.1) is 11.3 Å². The van der Waals surface area contributed by atoms with Crippen molar-refractivity contribution in [1.29, 1.82) is 0 Å². The first-order chi connectivity index (χ1) is 7.39. The first kappa shape index (κ1) is 10.3. The highest BCUT2D eigenvalue weighted by Gasteiger charge is 2.40. The van der Waals surface area contributed by atoms with Crippen molar-refractivity contribution in [3.05, 3.63) is 23.0 Å². The van der Waals surface area contributed by atoms with Crippen LogP contribution in [0.2, 0.25) is 0 Å². The summed E-state index contributed by atoms with van der Waals surface area (Å²) in [5, 5.41) is 2.12. The second kappa shape index (κ2) is 2.89. The van der Waals surface area contributed by atoms with Gasteiger partial charge in [-0.3, -0.25) is 4.40 Å². The molecule has 0 saturated carbocycles. The summed E-state index contributed by atoms with van der Waals surface area (Å²) in [5.74, 6) is 0. The highest BCUT2D eigenvalue weighted by atomic mass is 32.1. The molecule has 2 aromatic rings. The van der Waals surface area contributed by atoms with Gasteiger partial charge in [0.15, 0.2) is 4.96 Å². The van der Waals surface area contributed by atoms with Crippen molar-refractivity contribution in [3.8, 4) is 0 Å². The summed E-state index contributed by atoms with van der Waals surface area (Å²) in [4.78, 5) is 5.93. The Morgan fingerprint density at radius 1 is 1.31 bits per heavy atom. The summed E-state index contributed by atoms with van der Waals surface area (Å²) >= 11 is 1.73. The van der Waals surface area contributed by atoms with Gasteiger partial charge in [-0.25, -0.2) is 4.98 Å². The zero-order chi connectivity index (χ0) is 11.6. The van der Waals surface area contributed by atoms with Gasteiger partial charge in [-0.05, 0) is 18.3 Å². The van der Waals surface area contributed by atoms with E-state index in [-0.39, 0.29) is 5.41 Å². The molecule has 0 aliphatic heterocycles. The van der Waals surface area contributed by atoms with Gasteiger partial charge in [0.2, 0.25) is 0 Å². The highest BCUT2D eigenvalue weighted by Crippen LogP contribution is 2.45. The summed E-state index contributed by atoms with van der Waals surface area (Å²) < 4.78 is 2.29. The normalized spacial score (nSPS) is 22.2. The average molecular weight is 234 g/mol. The lowest BCUT2D eigenvalue weighted by Crippen LogP contribution is -2.35. The van der Waals surface area contributed by atoms with E-state index in [2.05, 4.69) is 43.7 Å². The Morgan fingerprint density at radius 3 is 2.81 bits per heavy atom. The Hall–Kier alpha value is -0.830. The van der Waals surface area contributed by atoms with Crippen LogP contribution in [0.3, 0.4) is 0 Å². The number of hydrogen-bond donors (Lipinski definition) is 0. The van der Waals surface area contributed by atoms with Gasteiger partial charge in [-0.1, -0.05) is 27.7 Å². The molecule has 2 nitrogen and oxygen atoms in total. The van der Waals surface area contributed by atoms with Gasteiger partial charge in [0.05, 0.1) is 11.4 Å². The topological polar surface area (TPSA) is 17.3 Å². The zero-order valence-corrected chi connectivity index (χ0v) is 11.2. The fourth-order valence-electron chi connectivity index (χ4n) is 3.47. The van der Waals surface area contributed by atoms with E-state index in [0.29, 0.717) is 5.41 Å². The fraction of sp³-hybridized carbons (Fsp3) is 0.615. The van der Waals surface area contributed by atoms with E-state index in [1.165, 1.54) is 17.8 Å². The summed E-state index contributed by atoms with van der Waals surface area (Å²) in [7, 11) is 0. The molecule has 3 rings (SSSR count). The Labute approximate surface area is 100 Å². The molecule has 0 atom stereocenters. The molecular formula is C13H18N2S. The molecule has 0 amide bonds. The van der Waals surface area contributed by atoms with Crippen molar-refractivity contribution in [2.75, 3.05) is 0 Å². The number of nitrogens with zero attached hydrogens (tertiary/aromatic N) is 2. The van der Waals surface area contributed by atoms with Crippen molar-refractivity contribution >= 4 is 16.3 Å². The molecule has 1 aliphatic rings. The number of aromatic nitrogens is 2. The van der Waals surface area contributed by atoms with Gasteiger partial charge in [0.25, 0.3) is 0 Å². The van der Waals surface area contributed by atoms with Gasteiger partial charge in [0, 0.05) is 17.0 Å². The van der Waals surface area contributed by atoms with Crippen molar-refractivity contribution in [3.63, 3.8) is 0 Å². The summed E-state index contributed by atoms with van der Waals surface area (Å²) in [6.45, 7) is 9.40. The van der Waals surface area contributed by atoms with E-state index in [1.807, 2.05) is 0 Å². The molecule has 0 unspecified atom stereocenters. The maximum Gasteiger partial charge on any atom is 0.194 e. The van der Waals surface area contributed by atoms with Gasteiger partial charge < -0.3 is 0 Å². The number of imidazole rings is 1. The lowest BCUT2D eigenvalue weighted by molar-refractivity contribution is 0.224. The van der Waals surface area contributed by atoms with Crippen LogP contribution >= 0.6 is 11.3 Å². The lowest BCUT2D eigenvalue weighted by Gasteiger charge is -2.40. The molecule has 0 spiro atoms. The third kappa shape index (κ3) is 1.34. The largest absolute Gasteiger partial charge is 0.294 e. The van der Waals surface area contributed by atoms with Crippen LogP contribution in [0.25, 0.3) is 4.96 Å². The molecule has 16 heavy (non-hydrogen) atoms. The summed E-state index contributed by atoms with van der Waals surface area (Å²) in [6.07, 6.45) is 4.50. The minimum atomic E-state index is 0.234. The van der Waals surface area contributed by atoms with Crippen LogP contribution in [0.4, 0.5) is 0 Å². The molecule has 0 radical (unpaired) electrons. The Kier molecular flexibility index (Phi) is 1.87. The molecule has 0 saturated heterocycles. The maximum absolute atomic E-state index is 4.79. The van der Waals surface area contributed by atoms with Crippen LogP contribution in [0, 0.1) is 5.41 Å². The molecule has 1 aliphatic carbocycles. The van der Waals surface area contributed by atoms with Crippen LogP contribution in [-0.2, 0) is 11.8 Å². The summed E-state index contributed by atoms with van der Waals surface area (Å²) in [5.41, 5.74) is 3.36. The van der Waals surface area contributed by atoms with Gasteiger partial charge in [-0.2, -0.15) is 0 Å². The molecule has 0 aromatic carbocycles. The molecule has 3 heteroatoms. The van der Waals surface area contributed by atoms with Gasteiger partial charge >= 0.3 is 0 Å². The minimum Gasteiger partial charge on any atom is -0.294 e. The quantitative estimate of drug-likeness (QED) is 0.680.